The average molecular weight is 1110 g/mol. The van der Waals surface area contributed by atoms with Crippen molar-refractivity contribution in [3.8, 4) is 101 Å². The van der Waals surface area contributed by atoms with E-state index >= 15 is 0 Å². The van der Waals surface area contributed by atoms with Crippen molar-refractivity contribution < 1.29 is 4.42 Å². The van der Waals surface area contributed by atoms with Gasteiger partial charge in [0, 0.05) is 60.4 Å². The molecule has 0 fully saturated rings. The van der Waals surface area contributed by atoms with Gasteiger partial charge in [-0.3, -0.25) is 0 Å². The second-order valence-electron chi connectivity index (χ2n) is 22.3. The molecule has 0 aliphatic rings. The molecule has 0 unspecified atom stereocenters. The number of hydrogen-bond donors (Lipinski definition) is 0. The normalized spacial score (nSPS) is 11.7. The lowest BCUT2D eigenvalue weighted by Crippen LogP contribution is -2.04. The Kier molecular flexibility index (Phi) is 11.8. The van der Waals surface area contributed by atoms with Gasteiger partial charge in [-0.25, -0.2) is 15.0 Å². The maximum absolute atomic E-state index is 7.47. The molecule has 0 saturated heterocycles. The molecule has 0 bridgehead atoms. The predicted octanol–water partition coefficient (Wildman–Crippen LogP) is 21.3. The first kappa shape index (κ1) is 49.8. The molecule has 6 heteroatoms. The van der Waals surface area contributed by atoms with Gasteiger partial charge in [0.15, 0.2) is 23.1 Å². The quantitative estimate of drug-likeness (QED) is 0.137. The Morgan fingerprint density at radius 3 is 1.20 bits per heavy atom. The zero-order chi connectivity index (χ0) is 57.4. The fraction of sp³-hybridized carbons (Fsp3) is 0. The van der Waals surface area contributed by atoms with Crippen LogP contribution in [0.3, 0.4) is 0 Å². The maximum Gasteiger partial charge on any atom is 0.164 e. The van der Waals surface area contributed by atoms with Gasteiger partial charge >= 0.3 is 0 Å². The first-order chi connectivity index (χ1) is 43.1. The summed E-state index contributed by atoms with van der Waals surface area (Å²) in [5, 5.41) is 6.61. The molecular weight excluding hydrogens is 1060 g/mol. The SMILES string of the molecule is c1ccc(-c2ccc(-c3nc(-c4cc(-c5ccccc5)cc(-c5ccccc5)c4)nc(-c4cc(-c5ccccc5)c(-n5c6ccccc6c6c7oc8c(ccc9c%10ccccc%10n(-c%10ccccc%10)c98)c7ccc65)c(-c5ccccc5)c4)n3)cc2)cc1. The van der Waals surface area contributed by atoms with E-state index in [1.807, 2.05) is 6.07 Å². The second-order valence-corrected chi connectivity index (χ2v) is 22.3. The highest BCUT2D eigenvalue weighted by atomic mass is 16.3. The minimum absolute atomic E-state index is 0.555. The third-order valence-electron chi connectivity index (χ3n) is 17.1. The Labute approximate surface area is 501 Å². The van der Waals surface area contributed by atoms with E-state index in [2.05, 4.69) is 312 Å². The summed E-state index contributed by atoms with van der Waals surface area (Å²) >= 11 is 0. The van der Waals surface area contributed by atoms with Crippen LogP contribution in [-0.2, 0) is 0 Å². The smallest absolute Gasteiger partial charge is 0.164 e. The lowest BCUT2D eigenvalue weighted by molar-refractivity contribution is 0.675. The summed E-state index contributed by atoms with van der Waals surface area (Å²) in [5.74, 6) is 1.70. The first-order valence-electron chi connectivity index (χ1n) is 29.5. The Balaban J connectivity index is 0.932. The molecule has 406 valence electrons. The third-order valence-corrected chi connectivity index (χ3v) is 17.1. The molecule has 87 heavy (non-hydrogen) atoms. The molecule has 0 atom stereocenters. The number of nitrogens with zero attached hydrogens (tertiary/aromatic N) is 5. The summed E-state index contributed by atoms with van der Waals surface area (Å²) in [6.45, 7) is 0. The number of fused-ring (bicyclic) bond motifs is 11. The Bertz CT molecular complexity index is 5350. The summed E-state index contributed by atoms with van der Waals surface area (Å²) < 4.78 is 12.3. The molecule has 17 rings (SSSR count). The van der Waals surface area contributed by atoms with Crippen molar-refractivity contribution in [1.82, 2.24) is 24.1 Å². The van der Waals surface area contributed by atoms with Crippen molar-refractivity contribution in [3.05, 3.63) is 309 Å². The van der Waals surface area contributed by atoms with Crippen LogP contribution in [0.15, 0.2) is 314 Å². The monoisotopic (exact) mass is 1110 g/mol. The number of rotatable bonds is 10. The van der Waals surface area contributed by atoms with E-state index in [0.29, 0.717) is 17.5 Å². The van der Waals surface area contributed by atoms with E-state index in [9.17, 15) is 0 Å². The van der Waals surface area contributed by atoms with Crippen molar-refractivity contribution in [2.75, 3.05) is 0 Å². The highest BCUT2D eigenvalue weighted by Gasteiger charge is 2.27. The van der Waals surface area contributed by atoms with Crippen LogP contribution in [0.25, 0.3) is 167 Å². The number of para-hydroxylation sites is 3. The molecular formula is C81H51N5O. The number of benzene rings is 13. The minimum atomic E-state index is 0.555. The van der Waals surface area contributed by atoms with Crippen molar-refractivity contribution in [2.24, 2.45) is 0 Å². The van der Waals surface area contributed by atoms with Gasteiger partial charge in [-0.15, -0.1) is 0 Å². The predicted molar refractivity (Wildman–Crippen MR) is 359 cm³/mol. The number of aromatic nitrogens is 5. The van der Waals surface area contributed by atoms with Gasteiger partial charge in [-0.1, -0.05) is 237 Å². The Morgan fingerprint density at radius 1 is 0.241 bits per heavy atom. The topological polar surface area (TPSA) is 61.7 Å². The molecule has 13 aromatic carbocycles. The Hall–Kier alpha value is -11.7. The summed E-state index contributed by atoms with van der Waals surface area (Å²) in [5.41, 5.74) is 21.4. The molecule has 6 nitrogen and oxygen atoms in total. The van der Waals surface area contributed by atoms with E-state index < -0.39 is 0 Å². The van der Waals surface area contributed by atoms with Gasteiger partial charge in [0.25, 0.3) is 0 Å². The Morgan fingerprint density at radius 2 is 0.632 bits per heavy atom. The van der Waals surface area contributed by atoms with Gasteiger partial charge in [0.1, 0.15) is 5.58 Å². The van der Waals surface area contributed by atoms with E-state index in [-0.39, 0.29) is 0 Å². The zero-order valence-corrected chi connectivity index (χ0v) is 47.1. The minimum Gasteiger partial charge on any atom is -0.453 e. The summed E-state index contributed by atoms with van der Waals surface area (Å²) in [7, 11) is 0. The maximum atomic E-state index is 7.47. The second kappa shape index (κ2) is 20.6. The van der Waals surface area contributed by atoms with Gasteiger partial charge in [0.05, 0.1) is 33.1 Å². The zero-order valence-electron chi connectivity index (χ0n) is 47.1. The van der Waals surface area contributed by atoms with Crippen LogP contribution in [0.4, 0.5) is 0 Å². The van der Waals surface area contributed by atoms with Crippen LogP contribution in [0.2, 0.25) is 0 Å². The number of hydrogen-bond acceptors (Lipinski definition) is 4. The van der Waals surface area contributed by atoms with Crippen molar-refractivity contribution in [3.63, 3.8) is 0 Å². The van der Waals surface area contributed by atoms with Crippen LogP contribution in [0, 0.1) is 0 Å². The van der Waals surface area contributed by atoms with Crippen LogP contribution >= 0.6 is 0 Å². The van der Waals surface area contributed by atoms with Crippen LogP contribution < -0.4 is 0 Å². The highest BCUT2D eigenvalue weighted by Crippen LogP contribution is 2.48. The van der Waals surface area contributed by atoms with E-state index in [4.69, 9.17) is 19.4 Å². The molecule has 0 aliphatic heterocycles. The summed E-state index contributed by atoms with van der Waals surface area (Å²) in [4.78, 5) is 16.5. The molecule has 0 spiro atoms. The molecule has 0 aliphatic carbocycles. The summed E-state index contributed by atoms with van der Waals surface area (Å²) in [6, 6.07) is 110. The number of furan rings is 1. The standard InChI is InChI=1S/C81H51N5O/c1-7-23-52(24-8-1)55-39-41-58(42-40-55)79-82-80(61-48-59(53-25-9-2-10-26-53)47-60(49-61)54-27-11-3-12-28-54)84-81(83-79)62-50-69(56-29-13-4-14-30-56)75(70(51-62)57-31-15-5-16-32-57)86-72-38-22-20-36-68(72)74-73(86)46-45-66-67-44-43-65-64-35-19-21-37-71(64)85(63-33-17-6-18-34-63)76(65)78(67)87-77(66)74/h1-51H. The molecule has 4 heterocycles. The fourth-order valence-electron chi connectivity index (χ4n) is 13.1. The first-order valence-corrected chi connectivity index (χ1v) is 29.5. The fourth-order valence-corrected chi connectivity index (χ4v) is 13.1. The molecule has 0 amide bonds. The van der Waals surface area contributed by atoms with Crippen molar-refractivity contribution in [1.29, 1.82) is 0 Å². The third kappa shape index (κ3) is 8.45. The molecule has 17 aromatic rings. The van der Waals surface area contributed by atoms with E-state index in [1.165, 1.54) is 5.39 Å². The van der Waals surface area contributed by atoms with Gasteiger partial charge in [-0.2, -0.15) is 0 Å². The highest BCUT2D eigenvalue weighted by molar-refractivity contribution is 6.28. The average Bonchev–Trinajstić information content (AvgIpc) is 1.59. The van der Waals surface area contributed by atoms with Crippen LogP contribution in [-0.4, -0.2) is 24.1 Å². The molecule has 0 N–H and O–H groups in total. The lowest BCUT2D eigenvalue weighted by Gasteiger charge is -2.21. The summed E-state index contributed by atoms with van der Waals surface area (Å²) in [6.07, 6.45) is 0. The van der Waals surface area contributed by atoms with Gasteiger partial charge < -0.3 is 13.6 Å². The van der Waals surface area contributed by atoms with E-state index in [0.717, 1.165) is 144 Å². The lowest BCUT2D eigenvalue weighted by atomic mass is 9.92. The van der Waals surface area contributed by atoms with Crippen LogP contribution in [0.5, 0.6) is 0 Å². The van der Waals surface area contributed by atoms with Gasteiger partial charge in [0.2, 0.25) is 0 Å². The molecule has 4 aromatic heterocycles. The molecule has 0 saturated carbocycles. The van der Waals surface area contributed by atoms with Crippen molar-refractivity contribution >= 4 is 65.6 Å². The largest absolute Gasteiger partial charge is 0.453 e. The van der Waals surface area contributed by atoms with E-state index in [1.54, 1.807) is 0 Å². The molecule has 0 radical (unpaired) electrons. The van der Waals surface area contributed by atoms with Crippen LogP contribution in [0.1, 0.15) is 0 Å². The van der Waals surface area contributed by atoms with Crippen molar-refractivity contribution in [2.45, 2.75) is 0 Å². The van der Waals surface area contributed by atoms with Gasteiger partial charge in [-0.05, 0) is 117 Å².